The van der Waals surface area contributed by atoms with E-state index < -0.39 is 40.0 Å². The van der Waals surface area contributed by atoms with Gasteiger partial charge in [0.1, 0.15) is 0 Å². The highest BCUT2D eigenvalue weighted by Crippen LogP contribution is 2.35. The summed E-state index contributed by atoms with van der Waals surface area (Å²) in [5.41, 5.74) is 0.0578. The quantitative estimate of drug-likeness (QED) is 0.316. The maximum atomic E-state index is 13.6. The third kappa shape index (κ3) is 2.38. The Bertz CT molecular complexity index is 623. The first kappa shape index (κ1) is 14.8. The molecular weight excluding hydrogens is 299 g/mol. The predicted octanol–water partition coefficient (Wildman–Crippen LogP) is 5.02. The Labute approximate surface area is 116 Å². The molecule has 1 atom stereocenters. The highest BCUT2D eigenvalue weighted by Gasteiger charge is 2.30. The monoisotopic (exact) mass is 306 g/mol. The van der Waals surface area contributed by atoms with E-state index in [-0.39, 0.29) is 5.56 Å². The highest BCUT2D eigenvalue weighted by atomic mass is 35.5. The Morgan fingerprint density at radius 1 is 0.750 bits per heavy atom. The second-order valence-electron chi connectivity index (χ2n) is 4.26. The van der Waals surface area contributed by atoms with Crippen LogP contribution in [0, 0.1) is 36.0 Å². The molecule has 0 aliphatic rings. The van der Waals surface area contributed by atoms with Crippen molar-refractivity contribution in [3.05, 3.63) is 70.0 Å². The molecule has 0 aliphatic carbocycles. The lowest BCUT2D eigenvalue weighted by Crippen LogP contribution is -2.09. The van der Waals surface area contributed by atoms with Crippen LogP contribution >= 0.6 is 11.6 Å². The first-order valence-electron chi connectivity index (χ1n) is 5.56. The molecule has 0 amide bonds. The Morgan fingerprint density at radius 3 is 1.60 bits per heavy atom. The van der Waals surface area contributed by atoms with E-state index >= 15 is 0 Å². The van der Waals surface area contributed by atoms with Crippen LogP contribution in [0.1, 0.15) is 22.1 Å². The van der Waals surface area contributed by atoms with E-state index in [1.807, 2.05) is 0 Å². The summed E-state index contributed by atoms with van der Waals surface area (Å²) in [4.78, 5) is 0. The standard InChI is InChI=1S/C14H8ClF5/c1-6-2-4-7(5-3-6)9(15)8-10(16)12(18)14(20)13(19)11(8)17/h2-5,9H,1H3. The Balaban J connectivity index is 2.60. The van der Waals surface area contributed by atoms with Crippen molar-refractivity contribution in [1.29, 1.82) is 0 Å². The lowest BCUT2D eigenvalue weighted by molar-refractivity contribution is 0.371. The van der Waals surface area contributed by atoms with E-state index in [1.165, 1.54) is 12.1 Å². The number of benzene rings is 2. The largest absolute Gasteiger partial charge is 0.203 e. The summed E-state index contributed by atoms with van der Waals surface area (Å²) < 4.78 is 66.4. The number of halogens is 6. The van der Waals surface area contributed by atoms with Crippen molar-refractivity contribution in [3.8, 4) is 0 Å². The zero-order valence-corrected chi connectivity index (χ0v) is 10.9. The van der Waals surface area contributed by atoms with Crippen molar-refractivity contribution < 1.29 is 22.0 Å². The minimum absolute atomic E-state index is 0.237. The molecule has 0 saturated heterocycles. The summed E-state index contributed by atoms with van der Waals surface area (Å²) >= 11 is 5.86. The Hall–Kier alpha value is -1.62. The van der Waals surface area contributed by atoms with Crippen LogP contribution in [0.3, 0.4) is 0 Å². The summed E-state index contributed by atoms with van der Waals surface area (Å²) in [6, 6.07) is 6.17. The number of hydrogen-bond donors (Lipinski definition) is 0. The average Bonchev–Trinajstić information content (AvgIpc) is 2.44. The smallest absolute Gasteiger partial charge is 0.200 e. The van der Waals surface area contributed by atoms with Crippen molar-refractivity contribution in [1.82, 2.24) is 0 Å². The predicted molar refractivity (Wildman–Crippen MR) is 65.1 cm³/mol. The molecule has 1 unspecified atom stereocenters. The average molecular weight is 307 g/mol. The number of rotatable bonds is 2. The summed E-state index contributed by atoms with van der Waals surface area (Å²) in [6.07, 6.45) is 0. The number of alkyl halides is 1. The van der Waals surface area contributed by atoms with Crippen LogP contribution in [-0.2, 0) is 0 Å². The van der Waals surface area contributed by atoms with E-state index in [1.54, 1.807) is 19.1 Å². The van der Waals surface area contributed by atoms with Crippen LogP contribution in [-0.4, -0.2) is 0 Å². The highest BCUT2D eigenvalue weighted by molar-refractivity contribution is 6.22. The molecule has 0 nitrogen and oxygen atoms in total. The van der Waals surface area contributed by atoms with Crippen LogP contribution in [0.25, 0.3) is 0 Å². The maximum absolute atomic E-state index is 13.6. The van der Waals surface area contributed by atoms with Crippen molar-refractivity contribution in [2.75, 3.05) is 0 Å². The van der Waals surface area contributed by atoms with E-state index in [9.17, 15) is 22.0 Å². The fourth-order valence-electron chi connectivity index (χ4n) is 1.75. The van der Waals surface area contributed by atoms with Crippen molar-refractivity contribution in [2.24, 2.45) is 0 Å². The van der Waals surface area contributed by atoms with Gasteiger partial charge >= 0.3 is 0 Å². The van der Waals surface area contributed by atoms with Gasteiger partial charge in [0, 0.05) is 0 Å². The van der Waals surface area contributed by atoms with E-state index in [0.717, 1.165) is 5.56 Å². The summed E-state index contributed by atoms with van der Waals surface area (Å²) in [5, 5.41) is -1.47. The second-order valence-corrected chi connectivity index (χ2v) is 4.69. The molecule has 6 heteroatoms. The van der Waals surface area contributed by atoms with Crippen LogP contribution in [0.15, 0.2) is 24.3 Å². The topological polar surface area (TPSA) is 0 Å². The van der Waals surface area contributed by atoms with Crippen LogP contribution in [0.4, 0.5) is 22.0 Å². The van der Waals surface area contributed by atoms with Gasteiger partial charge < -0.3 is 0 Å². The molecule has 2 rings (SSSR count). The van der Waals surface area contributed by atoms with Gasteiger partial charge in [0.05, 0.1) is 10.9 Å². The van der Waals surface area contributed by atoms with E-state index in [2.05, 4.69) is 0 Å². The normalized spacial score (nSPS) is 12.6. The molecule has 0 fully saturated rings. The third-order valence-electron chi connectivity index (χ3n) is 2.87. The summed E-state index contributed by atoms with van der Waals surface area (Å²) in [6.45, 7) is 1.78. The molecule has 0 aliphatic heterocycles. The van der Waals surface area contributed by atoms with Crippen LogP contribution in [0.5, 0.6) is 0 Å². The van der Waals surface area contributed by atoms with E-state index in [0.29, 0.717) is 0 Å². The molecule has 0 spiro atoms. The Morgan fingerprint density at radius 2 is 1.15 bits per heavy atom. The maximum Gasteiger partial charge on any atom is 0.200 e. The molecule has 106 valence electrons. The molecule has 0 aromatic heterocycles. The van der Waals surface area contributed by atoms with Gasteiger partial charge in [-0.05, 0) is 12.5 Å². The first-order valence-corrected chi connectivity index (χ1v) is 6.00. The lowest BCUT2D eigenvalue weighted by Gasteiger charge is -2.14. The molecule has 0 N–H and O–H groups in total. The summed E-state index contributed by atoms with van der Waals surface area (Å²) in [7, 11) is 0. The summed E-state index contributed by atoms with van der Waals surface area (Å²) in [5.74, 6) is -10.0. The minimum atomic E-state index is -2.20. The SMILES string of the molecule is Cc1ccc(C(Cl)c2c(F)c(F)c(F)c(F)c2F)cc1. The first-order chi connectivity index (χ1) is 9.34. The van der Waals surface area contributed by atoms with Crippen molar-refractivity contribution >= 4 is 11.6 Å². The van der Waals surface area contributed by atoms with Gasteiger partial charge in [-0.3, -0.25) is 0 Å². The third-order valence-corrected chi connectivity index (χ3v) is 3.34. The van der Waals surface area contributed by atoms with Crippen molar-refractivity contribution in [3.63, 3.8) is 0 Å². The molecule has 2 aromatic rings. The Kier molecular flexibility index (Phi) is 3.99. The van der Waals surface area contributed by atoms with Crippen LogP contribution < -0.4 is 0 Å². The van der Waals surface area contributed by atoms with Gasteiger partial charge in [-0.2, -0.15) is 0 Å². The second kappa shape index (κ2) is 5.40. The fraction of sp³-hybridized carbons (Fsp3) is 0.143. The minimum Gasteiger partial charge on any atom is -0.203 e. The van der Waals surface area contributed by atoms with Gasteiger partial charge in [0.25, 0.3) is 0 Å². The zero-order chi connectivity index (χ0) is 15.0. The molecule has 0 radical (unpaired) electrons. The molecule has 2 aromatic carbocycles. The van der Waals surface area contributed by atoms with Crippen LogP contribution in [0.2, 0.25) is 0 Å². The van der Waals surface area contributed by atoms with Gasteiger partial charge in [-0.1, -0.05) is 29.8 Å². The molecule has 20 heavy (non-hydrogen) atoms. The molecule has 0 heterocycles. The number of hydrogen-bond acceptors (Lipinski definition) is 0. The molecular formula is C14H8ClF5. The van der Waals surface area contributed by atoms with Crippen molar-refractivity contribution in [2.45, 2.75) is 12.3 Å². The lowest BCUT2D eigenvalue weighted by atomic mass is 10.0. The van der Waals surface area contributed by atoms with Gasteiger partial charge in [-0.15, -0.1) is 11.6 Å². The number of aryl methyl sites for hydroxylation is 1. The van der Waals surface area contributed by atoms with E-state index in [4.69, 9.17) is 11.6 Å². The zero-order valence-electron chi connectivity index (χ0n) is 10.2. The molecule has 0 saturated carbocycles. The molecule has 0 bridgehead atoms. The fourth-order valence-corrected chi connectivity index (χ4v) is 2.08. The van der Waals surface area contributed by atoms with Gasteiger partial charge in [0.2, 0.25) is 5.82 Å². The van der Waals surface area contributed by atoms with Gasteiger partial charge in [0.15, 0.2) is 23.3 Å². The van der Waals surface area contributed by atoms with Gasteiger partial charge in [-0.25, -0.2) is 22.0 Å².